The Morgan fingerprint density at radius 2 is 1.85 bits per heavy atom. The number of tetrazole rings is 1. The Bertz CT molecular complexity index is 1230. The molecule has 33 heavy (non-hydrogen) atoms. The van der Waals surface area contributed by atoms with Crippen molar-refractivity contribution in [1.29, 1.82) is 0 Å². The van der Waals surface area contributed by atoms with Gasteiger partial charge in [0.25, 0.3) is 0 Å². The molecular weight excluding hydrogens is 428 g/mol. The van der Waals surface area contributed by atoms with Crippen molar-refractivity contribution in [3.63, 3.8) is 0 Å². The van der Waals surface area contributed by atoms with Gasteiger partial charge in [-0.05, 0) is 47.4 Å². The summed E-state index contributed by atoms with van der Waals surface area (Å²) in [6, 6.07) is 5.49. The van der Waals surface area contributed by atoms with Crippen LogP contribution < -0.4 is 5.73 Å². The quantitative estimate of drug-likeness (QED) is 0.406. The molecule has 0 amide bonds. The number of hydrogen-bond donors (Lipinski definition) is 1. The van der Waals surface area contributed by atoms with E-state index in [2.05, 4.69) is 44.7 Å². The van der Waals surface area contributed by atoms with Crippen LogP contribution in [0.15, 0.2) is 36.7 Å². The van der Waals surface area contributed by atoms with Crippen LogP contribution in [0.4, 0.5) is 14.6 Å². The summed E-state index contributed by atoms with van der Waals surface area (Å²) in [5, 5.41) is 20.0. The molecular formula is C22H25F2N9. The monoisotopic (exact) mass is 453 g/mol. The maximum Gasteiger partial charge on any atom is 0.190 e. The summed E-state index contributed by atoms with van der Waals surface area (Å²) in [7, 11) is 0. The topological polar surface area (TPSA) is 113 Å². The number of hydrogen-bond acceptors (Lipinski definition) is 7. The van der Waals surface area contributed by atoms with E-state index in [0.29, 0.717) is 22.7 Å². The molecule has 0 aliphatic rings. The third-order valence-electron chi connectivity index (χ3n) is 5.46. The highest BCUT2D eigenvalue weighted by Gasteiger charge is 2.20. The molecule has 11 heteroatoms. The molecule has 0 unspecified atom stereocenters. The third kappa shape index (κ3) is 4.71. The maximum atomic E-state index is 14.4. The zero-order chi connectivity index (χ0) is 23.4. The molecule has 0 radical (unpaired) electrons. The fourth-order valence-electron chi connectivity index (χ4n) is 3.90. The zero-order valence-electron chi connectivity index (χ0n) is 18.5. The molecule has 0 spiro atoms. The van der Waals surface area contributed by atoms with E-state index >= 15 is 0 Å². The number of nitrogens with two attached hydrogens (primary N) is 1. The Balaban J connectivity index is 1.67. The van der Waals surface area contributed by atoms with E-state index in [1.54, 1.807) is 12.3 Å². The maximum absolute atomic E-state index is 14.4. The van der Waals surface area contributed by atoms with Gasteiger partial charge in [-0.25, -0.2) is 13.8 Å². The molecule has 9 nitrogen and oxygen atoms in total. The van der Waals surface area contributed by atoms with Crippen LogP contribution in [0, 0.1) is 17.6 Å². The first-order chi connectivity index (χ1) is 16.0. The normalized spacial score (nSPS) is 11.4. The van der Waals surface area contributed by atoms with Crippen LogP contribution in [0.5, 0.6) is 0 Å². The molecule has 0 atom stereocenters. The van der Waals surface area contributed by atoms with Gasteiger partial charge in [-0.3, -0.25) is 4.68 Å². The van der Waals surface area contributed by atoms with Gasteiger partial charge in [-0.15, -0.1) is 10.2 Å². The number of rotatable bonds is 9. The van der Waals surface area contributed by atoms with Gasteiger partial charge in [0, 0.05) is 18.3 Å². The molecule has 1 aromatic carbocycles. The molecule has 172 valence electrons. The lowest BCUT2D eigenvalue weighted by Crippen LogP contribution is -2.11. The molecule has 3 aromatic heterocycles. The molecule has 4 rings (SSSR count). The first-order valence-electron chi connectivity index (χ1n) is 10.9. The summed E-state index contributed by atoms with van der Waals surface area (Å²) >= 11 is 0. The van der Waals surface area contributed by atoms with E-state index in [0.717, 1.165) is 43.0 Å². The van der Waals surface area contributed by atoms with Crippen LogP contribution >= 0.6 is 0 Å². The van der Waals surface area contributed by atoms with Crippen molar-refractivity contribution in [2.75, 3.05) is 5.73 Å². The number of pyridine rings is 1. The van der Waals surface area contributed by atoms with Crippen LogP contribution in [-0.4, -0.2) is 40.2 Å². The molecule has 0 bridgehead atoms. The summed E-state index contributed by atoms with van der Waals surface area (Å²) in [6.45, 7) is 5.15. The highest BCUT2D eigenvalue weighted by Crippen LogP contribution is 2.29. The lowest BCUT2D eigenvalue weighted by molar-refractivity contribution is 0.359. The van der Waals surface area contributed by atoms with Crippen molar-refractivity contribution in [3.05, 3.63) is 48.3 Å². The van der Waals surface area contributed by atoms with Gasteiger partial charge in [0.15, 0.2) is 17.5 Å². The van der Waals surface area contributed by atoms with Crippen LogP contribution in [-0.2, 0) is 6.54 Å². The first-order valence-corrected chi connectivity index (χ1v) is 10.9. The van der Waals surface area contributed by atoms with Gasteiger partial charge in [0.2, 0.25) is 0 Å². The van der Waals surface area contributed by atoms with E-state index in [1.807, 2.05) is 10.9 Å². The predicted octanol–water partition coefficient (Wildman–Crippen LogP) is 4.06. The SMILES string of the molecule is CCCC(CCC)Cn1cc(-c2cnc(N)c(-c3nnnn3-c3cccc(F)c3F)c2)nn1. The van der Waals surface area contributed by atoms with Gasteiger partial charge in [-0.2, -0.15) is 4.68 Å². The van der Waals surface area contributed by atoms with Crippen molar-refractivity contribution in [3.8, 4) is 28.3 Å². The van der Waals surface area contributed by atoms with E-state index in [4.69, 9.17) is 5.73 Å². The average Bonchev–Trinajstić information content (AvgIpc) is 3.46. The molecule has 0 saturated heterocycles. The number of nitrogens with zero attached hydrogens (tertiary/aromatic N) is 8. The van der Waals surface area contributed by atoms with Crippen LogP contribution in [0.25, 0.3) is 28.3 Å². The molecule has 3 heterocycles. The van der Waals surface area contributed by atoms with Crippen molar-refractivity contribution in [2.24, 2.45) is 5.92 Å². The number of benzene rings is 1. The van der Waals surface area contributed by atoms with Gasteiger partial charge in [0.1, 0.15) is 17.2 Å². The van der Waals surface area contributed by atoms with Crippen molar-refractivity contribution >= 4 is 5.82 Å². The average molecular weight is 454 g/mol. The van der Waals surface area contributed by atoms with Gasteiger partial charge in [0.05, 0.1) is 11.8 Å². The summed E-state index contributed by atoms with van der Waals surface area (Å²) in [5.41, 5.74) is 7.59. The Morgan fingerprint density at radius 1 is 1.06 bits per heavy atom. The fourth-order valence-corrected chi connectivity index (χ4v) is 3.90. The lowest BCUT2D eigenvalue weighted by atomic mass is 9.98. The van der Waals surface area contributed by atoms with Crippen molar-refractivity contribution in [1.82, 2.24) is 40.2 Å². The molecule has 4 aromatic rings. The Morgan fingerprint density at radius 3 is 2.61 bits per heavy atom. The van der Waals surface area contributed by atoms with E-state index in [-0.39, 0.29) is 17.3 Å². The molecule has 0 aliphatic heterocycles. The molecule has 0 fully saturated rings. The number of anilines is 1. The Hall–Kier alpha value is -3.76. The van der Waals surface area contributed by atoms with Gasteiger partial charge >= 0.3 is 0 Å². The van der Waals surface area contributed by atoms with Crippen LogP contribution in [0.1, 0.15) is 39.5 Å². The number of halogens is 2. The lowest BCUT2D eigenvalue weighted by Gasteiger charge is -2.14. The standard InChI is InChI=1S/C22H25F2N9/c1-3-6-14(7-4-2)12-32-13-18(27-30-32)15-10-16(21(25)26-11-15)22-28-29-31-33(22)19-9-5-8-17(23)20(19)24/h5,8-11,13-14H,3-4,6-7,12H2,1-2H3,(H2,25,26). The van der Waals surface area contributed by atoms with E-state index < -0.39 is 11.6 Å². The first kappa shape index (κ1) is 22.4. The summed E-state index contributed by atoms with van der Waals surface area (Å²) in [5.74, 6) is -1.25. The van der Waals surface area contributed by atoms with Crippen molar-refractivity contribution in [2.45, 2.75) is 46.1 Å². The highest BCUT2D eigenvalue weighted by atomic mass is 19.2. The summed E-state index contributed by atoms with van der Waals surface area (Å²) < 4.78 is 31.0. The Kier molecular flexibility index (Phi) is 6.66. The molecule has 0 aliphatic carbocycles. The zero-order valence-corrected chi connectivity index (χ0v) is 18.5. The van der Waals surface area contributed by atoms with Crippen molar-refractivity contribution < 1.29 is 8.78 Å². The molecule has 0 saturated carbocycles. The minimum atomic E-state index is -1.06. The minimum absolute atomic E-state index is 0.129. The largest absolute Gasteiger partial charge is 0.383 e. The fraction of sp³-hybridized carbons (Fsp3) is 0.364. The summed E-state index contributed by atoms with van der Waals surface area (Å²) in [4.78, 5) is 4.24. The number of nitrogen functional groups attached to an aromatic ring is 1. The minimum Gasteiger partial charge on any atom is -0.383 e. The second kappa shape index (κ2) is 9.80. The van der Waals surface area contributed by atoms with E-state index in [1.165, 1.54) is 12.1 Å². The Labute approximate surface area is 189 Å². The second-order valence-electron chi connectivity index (χ2n) is 7.91. The predicted molar refractivity (Wildman–Crippen MR) is 119 cm³/mol. The molecule has 2 N–H and O–H groups in total. The van der Waals surface area contributed by atoms with Crippen LogP contribution in [0.2, 0.25) is 0 Å². The van der Waals surface area contributed by atoms with Crippen LogP contribution in [0.3, 0.4) is 0 Å². The highest BCUT2D eigenvalue weighted by molar-refractivity contribution is 5.75. The van der Waals surface area contributed by atoms with Gasteiger partial charge in [-0.1, -0.05) is 38.0 Å². The third-order valence-corrected chi connectivity index (χ3v) is 5.46. The number of aromatic nitrogens is 8. The van der Waals surface area contributed by atoms with E-state index in [9.17, 15) is 8.78 Å². The summed E-state index contributed by atoms with van der Waals surface area (Å²) in [6.07, 6.45) is 7.96. The van der Waals surface area contributed by atoms with Gasteiger partial charge < -0.3 is 5.73 Å². The smallest absolute Gasteiger partial charge is 0.190 e. The second-order valence-corrected chi connectivity index (χ2v) is 7.91.